The summed E-state index contributed by atoms with van der Waals surface area (Å²) in [5.41, 5.74) is -0.682. The number of alkyl halides is 3. The van der Waals surface area contributed by atoms with Crippen LogP contribution in [0.5, 0.6) is 0 Å². The smallest absolute Gasteiger partial charge is 0.369 e. The van der Waals surface area contributed by atoms with Crippen molar-refractivity contribution in [3.05, 3.63) is 23.9 Å². The summed E-state index contributed by atoms with van der Waals surface area (Å²) in [6.45, 7) is 2.78. The van der Waals surface area contributed by atoms with Crippen molar-refractivity contribution < 1.29 is 13.2 Å². The van der Waals surface area contributed by atoms with Crippen molar-refractivity contribution in [3.63, 3.8) is 0 Å². The van der Waals surface area contributed by atoms with Crippen LogP contribution in [0.3, 0.4) is 0 Å². The summed E-state index contributed by atoms with van der Waals surface area (Å²) < 4.78 is 38.4. The third kappa shape index (κ3) is 3.85. The van der Waals surface area contributed by atoms with Gasteiger partial charge >= 0.3 is 6.18 Å². The van der Waals surface area contributed by atoms with E-state index in [-0.39, 0.29) is 5.82 Å². The first-order valence-corrected chi connectivity index (χ1v) is 6.73. The first kappa shape index (κ1) is 14.2. The monoisotopic (exact) mass is 272 g/mol. The van der Waals surface area contributed by atoms with Crippen LogP contribution < -0.4 is 5.32 Å². The van der Waals surface area contributed by atoms with Crippen LogP contribution in [0.15, 0.2) is 18.3 Å². The van der Waals surface area contributed by atoms with Gasteiger partial charge in [0.1, 0.15) is 5.82 Å². The molecule has 1 N–H and O–H groups in total. The second-order valence-corrected chi connectivity index (χ2v) is 5.42. The molecular formula is C14H19F3N2. The average Bonchev–Trinajstić information content (AvgIpc) is 2.36. The van der Waals surface area contributed by atoms with Crippen LogP contribution in [0.1, 0.15) is 38.2 Å². The summed E-state index contributed by atoms with van der Waals surface area (Å²) in [7, 11) is 0. The predicted molar refractivity (Wildman–Crippen MR) is 68.9 cm³/mol. The van der Waals surface area contributed by atoms with Crippen LogP contribution in [-0.4, -0.2) is 11.5 Å². The molecule has 0 aromatic carbocycles. The van der Waals surface area contributed by atoms with Gasteiger partial charge < -0.3 is 5.32 Å². The molecule has 0 bridgehead atoms. The molecule has 19 heavy (non-hydrogen) atoms. The topological polar surface area (TPSA) is 24.9 Å². The van der Waals surface area contributed by atoms with E-state index in [0.717, 1.165) is 18.9 Å². The first-order valence-electron chi connectivity index (χ1n) is 6.73. The van der Waals surface area contributed by atoms with Gasteiger partial charge in [-0.1, -0.05) is 19.8 Å². The number of aromatic nitrogens is 1. The average molecular weight is 272 g/mol. The highest BCUT2D eigenvalue weighted by Crippen LogP contribution is 2.34. The summed E-state index contributed by atoms with van der Waals surface area (Å²) >= 11 is 0. The van der Waals surface area contributed by atoms with E-state index in [1.54, 1.807) is 0 Å². The van der Waals surface area contributed by atoms with Gasteiger partial charge in [-0.2, -0.15) is 13.2 Å². The number of halogens is 3. The Bertz CT molecular complexity index is 417. The minimum absolute atomic E-state index is 0.0479. The molecule has 0 saturated heterocycles. The van der Waals surface area contributed by atoms with Crippen molar-refractivity contribution in [2.45, 2.75) is 38.8 Å². The maximum absolute atomic E-state index is 12.8. The molecule has 2 unspecified atom stereocenters. The number of anilines is 1. The molecule has 1 aliphatic carbocycles. The molecular weight excluding hydrogens is 253 g/mol. The van der Waals surface area contributed by atoms with Crippen LogP contribution >= 0.6 is 0 Å². The van der Waals surface area contributed by atoms with Crippen molar-refractivity contribution in [2.75, 3.05) is 11.9 Å². The van der Waals surface area contributed by atoms with Crippen molar-refractivity contribution in [3.8, 4) is 0 Å². The molecule has 1 fully saturated rings. The van der Waals surface area contributed by atoms with Crippen molar-refractivity contribution in [1.82, 2.24) is 4.98 Å². The predicted octanol–water partition coefficient (Wildman–Crippen LogP) is 4.34. The van der Waals surface area contributed by atoms with Gasteiger partial charge in [0.25, 0.3) is 0 Å². The molecule has 0 amide bonds. The fourth-order valence-corrected chi connectivity index (χ4v) is 2.76. The lowest BCUT2D eigenvalue weighted by atomic mass is 9.82. The van der Waals surface area contributed by atoms with Crippen molar-refractivity contribution >= 4 is 5.82 Å². The highest BCUT2D eigenvalue weighted by Gasteiger charge is 2.34. The Labute approximate surface area is 111 Å². The van der Waals surface area contributed by atoms with Crippen LogP contribution in [0.2, 0.25) is 0 Å². The first-order chi connectivity index (χ1) is 8.97. The summed E-state index contributed by atoms with van der Waals surface area (Å²) in [6, 6.07) is 2.38. The second-order valence-electron chi connectivity index (χ2n) is 5.42. The molecule has 1 aromatic heterocycles. The van der Waals surface area contributed by atoms with Crippen LogP contribution in [-0.2, 0) is 6.18 Å². The maximum atomic E-state index is 12.8. The number of pyridine rings is 1. The molecule has 1 saturated carbocycles. The van der Waals surface area contributed by atoms with E-state index in [9.17, 15) is 13.2 Å². The van der Waals surface area contributed by atoms with Crippen LogP contribution in [0.25, 0.3) is 0 Å². The van der Waals surface area contributed by atoms with E-state index >= 15 is 0 Å². The highest BCUT2D eigenvalue weighted by atomic mass is 19.4. The Balaban J connectivity index is 1.99. The summed E-state index contributed by atoms with van der Waals surface area (Å²) in [6.07, 6.45) is 1.61. The third-order valence-corrected chi connectivity index (χ3v) is 3.72. The largest absolute Gasteiger partial charge is 0.419 e. The van der Waals surface area contributed by atoms with Gasteiger partial charge in [0.15, 0.2) is 0 Å². The van der Waals surface area contributed by atoms with E-state index in [4.69, 9.17) is 0 Å². The van der Waals surface area contributed by atoms with Crippen LogP contribution in [0, 0.1) is 11.8 Å². The Hall–Kier alpha value is -1.26. The van der Waals surface area contributed by atoms with Gasteiger partial charge in [-0.3, -0.25) is 0 Å². The summed E-state index contributed by atoms with van der Waals surface area (Å²) in [4.78, 5) is 3.82. The van der Waals surface area contributed by atoms with Gasteiger partial charge in [-0.05, 0) is 36.8 Å². The third-order valence-electron chi connectivity index (χ3n) is 3.72. The van der Waals surface area contributed by atoms with Gasteiger partial charge in [0.2, 0.25) is 0 Å². The molecule has 0 aliphatic heterocycles. The number of nitrogens with one attached hydrogen (secondary N) is 1. The lowest BCUT2D eigenvalue weighted by molar-refractivity contribution is -0.137. The Morgan fingerprint density at radius 3 is 2.84 bits per heavy atom. The fraction of sp³-hybridized carbons (Fsp3) is 0.643. The number of rotatable bonds is 3. The number of nitrogens with zero attached hydrogens (tertiary/aromatic N) is 1. The van der Waals surface area contributed by atoms with E-state index in [1.165, 1.54) is 25.1 Å². The number of hydrogen-bond acceptors (Lipinski definition) is 2. The quantitative estimate of drug-likeness (QED) is 0.885. The molecule has 5 heteroatoms. The Morgan fingerprint density at radius 2 is 2.16 bits per heavy atom. The Kier molecular flexibility index (Phi) is 4.32. The van der Waals surface area contributed by atoms with Crippen LogP contribution in [0.4, 0.5) is 19.0 Å². The summed E-state index contributed by atoms with van der Waals surface area (Å²) in [5.74, 6) is 1.08. The maximum Gasteiger partial charge on any atom is 0.419 e. The number of hydrogen-bond donors (Lipinski definition) is 1. The molecule has 2 nitrogen and oxygen atoms in total. The van der Waals surface area contributed by atoms with E-state index in [0.29, 0.717) is 18.4 Å². The molecule has 2 rings (SSSR count). The molecule has 1 aromatic rings. The van der Waals surface area contributed by atoms with Gasteiger partial charge in [-0.25, -0.2) is 4.98 Å². The lowest BCUT2D eigenvalue weighted by Crippen LogP contribution is -2.22. The van der Waals surface area contributed by atoms with E-state index in [1.807, 2.05) is 0 Å². The minimum atomic E-state index is -4.35. The molecule has 1 aliphatic rings. The molecule has 2 atom stereocenters. The Morgan fingerprint density at radius 1 is 1.37 bits per heavy atom. The molecule has 0 spiro atoms. The van der Waals surface area contributed by atoms with E-state index in [2.05, 4.69) is 17.2 Å². The fourth-order valence-electron chi connectivity index (χ4n) is 2.76. The standard InChI is InChI=1S/C14H19F3N2/c1-10-4-2-5-11(8-10)9-19-13-12(14(15,16)17)6-3-7-18-13/h3,6-7,10-11H,2,4-5,8-9H2,1H3,(H,18,19). The summed E-state index contributed by atoms with van der Waals surface area (Å²) in [5, 5.41) is 2.88. The van der Waals surface area contributed by atoms with Gasteiger partial charge in [0, 0.05) is 12.7 Å². The van der Waals surface area contributed by atoms with Gasteiger partial charge in [-0.15, -0.1) is 0 Å². The molecule has 1 heterocycles. The SMILES string of the molecule is CC1CCCC(CNc2ncccc2C(F)(F)F)C1. The normalized spacial score (nSPS) is 24.2. The minimum Gasteiger partial charge on any atom is -0.369 e. The molecule has 0 radical (unpaired) electrons. The zero-order valence-electron chi connectivity index (χ0n) is 11.0. The highest BCUT2D eigenvalue weighted by molar-refractivity contribution is 5.45. The molecule has 106 valence electrons. The zero-order valence-corrected chi connectivity index (χ0v) is 11.0. The van der Waals surface area contributed by atoms with E-state index < -0.39 is 11.7 Å². The van der Waals surface area contributed by atoms with Crippen molar-refractivity contribution in [1.29, 1.82) is 0 Å². The van der Waals surface area contributed by atoms with Crippen molar-refractivity contribution in [2.24, 2.45) is 11.8 Å². The second kappa shape index (κ2) is 5.80. The zero-order chi connectivity index (χ0) is 13.9. The lowest BCUT2D eigenvalue weighted by Gasteiger charge is -2.27. The van der Waals surface area contributed by atoms with Gasteiger partial charge in [0.05, 0.1) is 5.56 Å².